The molecule has 1 heterocycles. The first-order chi connectivity index (χ1) is 19.4. The SMILES string of the molecule is CC(C)(C)OC(=O)[C@@H]1CCCN1C[C@@H](O)[C@H](Cc1ccccc1)NC(=O)[C@H](CC(N)=O)NC(=O)Cc1ccccc1. The zero-order chi connectivity index (χ0) is 30.0. The summed E-state index contributed by atoms with van der Waals surface area (Å²) in [5, 5.41) is 16.8. The van der Waals surface area contributed by atoms with Gasteiger partial charge in [-0.25, -0.2) is 0 Å². The van der Waals surface area contributed by atoms with E-state index >= 15 is 0 Å². The second kappa shape index (κ2) is 14.7. The molecule has 5 N–H and O–H groups in total. The molecule has 0 bridgehead atoms. The van der Waals surface area contributed by atoms with Gasteiger partial charge in [0.1, 0.15) is 17.7 Å². The molecule has 10 nitrogen and oxygen atoms in total. The van der Waals surface area contributed by atoms with Crippen LogP contribution >= 0.6 is 0 Å². The molecule has 0 saturated carbocycles. The molecular weight excluding hydrogens is 524 g/mol. The van der Waals surface area contributed by atoms with Gasteiger partial charge in [-0.3, -0.25) is 24.1 Å². The molecule has 0 aliphatic carbocycles. The third-order valence-electron chi connectivity index (χ3n) is 6.82. The Kier molecular flexibility index (Phi) is 11.4. The third kappa shape index (κ3) is 10.6. The molecule has 2 aromatic rings. The number of aliphatic hydroxyl groups excluding tert-OH is 1. The lowest BCUT2D eigenvalue weighted by atomic mass is 9.99. The molecule has 1 aliphatic heterocycles. The summed E-state index contributed by atoms with van der Waals surface area (Å²) in [7, 11) is 0. The van der Waals surface area contributed by atoms with Crippen molar-refractivity contribution in [2.24, 2.45) is 5.73 Å². The highest BCUT2D eigenvalue weighted by Gasteiger charge is 2.37. The minimum absolute atomic E-state index is 0.0282. The van der Waals surface area contributed by atoms with E-state index in [1.165, 1.54) is 0 Å². The molecule has 1 saturated heterocycles. The van der Waals surface area contributed by atoms with Crippen LogP contribution in [0.25, 0.3) is 0 Å². The van der Waals surface area contributed by atoms with Gasteiger partial charge < -0.3 is 26.2 Å². The Morgan fingerprint density at radius 2 is 1.61 bits per heavy atom. The van der Waals surface area contributed by atoms with E-state index in [-0.39, 0.29) is 18.9 Å². The minimum atomic E-state index is -1.21. The van der Waals surface area contributed by atoms with Crippen LogP contribution in [0, 0.1) is 0 Å². The topological polar surface area (TPSA) is 151 Å². The average Bonchev–Trinajstić information content (AvgIpc) is 3.36. The fourth-order valence-electron chi connectivity index (χ4n) is 4.92. The Labute approximate surface area is 241 Å². The number of benzene rings is 2. The van der Waals surface area contributed by atoms with Gasteiger partial charge in [-0.15, -0.1) is 0 Å². The van der Waals surface area contributed by atoms with Gasteiger partial charge in [-0.1, -0.05) is 60.7 Å². The van der Waals surface area contributed by atoms with Crippen molar-refractivity contribution in [2.75, 3.05) is 13.1 Å². The number of β-amino-alcohol motifs (C(OH)–C–C–N with tert-alkyl or cyclic N) is 1. The summed E-state index contributed by atoms with van der Waals surface area (Å²) in [6.45, 7) is 6.16. The number of nitrogens with zero attached hydrogens (tertiary/aromatic N) is 1. The lowest BCUT2D eigenvalue weighted by Crippen LogP contribution is -2.56. The largest absolute Gasteiger partial charge is 0.459 e. The second-order valence-electron chi connectivity index (χ2n) is 11.5. The third-order valence-corrected chi connectivity index (χ3v) is 6.82. The Hall–Kier alpha value is -3.76. The maximum absolute atomic E-state index is 13.4. The lowest BCUT2D eigenvalue weighted by molar-refractivity contribution is -0.160. The molecule has 0 spiro atoms. The first-order valence-electron chi connectivity index (χ1n) is 14.0. The highest BCUT2D eigenvalue weighted by Crippen LogP contribution is 2.22. The van der Waals surface area contributed by atoms with Crippen LogP contribution in [-0.2, 0) is 36.8 Å². The van der Waals surface area contributed by atoms with Crippen LogP contribution in [0.3, 0.4) is 0 Å². The fourth-order valence-corrected chi connectivity index (χ4v) is 4.92. The zero-order valence-electron chi connectivity index (χ0n) is 24.0. The molecule has 0 unspecified atom stereocenters. The van der Waals surface area contributed by atoms with Crippen molar-refractivity contribution in [3.63, 3.8) is 0 Å². The maximum Gasteiger partial charge on any atom is 0.323 e. The number of amides is 3. The normalized spacial score (nSPS) is 17.7. The molecule has 3 rings (SSSR count). The number of esters is 1. The smallest absolute Gasteiger partial charge is 0.323 e. The minimum Gasteiger partial charge on any atom is -0.459 e. The lowest BCUT2D eigenvalue weighted by Gasteiger charge is -2.32. The van der Waals surface area contributed by atoms with Crippen LogP contribution in [0.15, 0.2) is 60.7 Å². The Morgan fingerprint density at radius 1 is 1.00 bits per heavy atom. The molecule has 41 heavy (non-hydrogen) atoms. The number of carbonyl (C=O) groups excluding carboxylic acids is 4. The van der Waals surface area contributed by atoms with Crippen LogP contribution in [0.2, 0.25) is 0 Å². The van der Waals surface area contributed by atoms with E-state index in [2.05, 4.69) is 10.6 Å². The van der Waals surface area contributed by atoms with Crippen molar-refractivity contribution in [3.8, 4) is 0 Å². The summed E-state index contributed by atoms with van der Waals surface area (Å²) >= 11 is 0. The number of aliphatic hydroxyl groups is 1. The van der Waals surface area contributed by atoms with Crippen LogP contribution in [0.1, 0.15) is 51.2 Å². The van der Waals surface area contributed by atoms with Crippen LogP contribution in [0.4, 0.5) is 0 Å². The number of nitrogens with two attached hydrogens (primary N) is 1. The van der Waals surface area contributed by atoms with E-state index < -0.39 is 54.0 Å². The van der Waals surface area contributed by atoms with Crippen LogP contribution in [0.5, 0.6) is 0 Å². The zero-order valence-corrected chi connectivity index (χ0v) is 24.0. The molecule has 2 aromatic carbocycles. The average molecular weight is 567 g/mol. The predicted octanol–water partition coefficient (Wildman–Crippen LogP) is 1.48. The van der Waals surface area contributed by atoms with Gasteiger partial charge in [-0.05, 0) is 57.7 Å². The summed E-state index contributed by atoms with van der Waals surface area (Å²) in [5.74, 6) is -2.15. The van der Waals surface area contributed by atoms with E-state index in [0.717, 1.165) is 17.5 Å². The van der Waals surface area contributed by atoms with Crippen molar-refractivity contribution in [3.05, 3.63) is 71.8 Å². The predicted molar refractivity (Wildman–Crippen MR) is 154 cm³/mol. The number of rotatable bonds is 13. The van der Waals surface area contributed by atoms with Crippen molar-refractivity contribution in [2.45, 2.75) is 82.7 Å². The molecule has 3 amide bonds. The molecule has 1 fully saturated rings. The van der Waals surface area contributed by atoms with Gasteiger partial charge in [0.05, 0.1) is 25.0 Å². The molecule has 222 valence electrons. The number of hydrogen-bond donors (Lipinski definition) is 4. The monoisotopic (exact) mass is 566 g/mol. The number of nitrogens with one attached hydrogen (secondary N) is 2. The van der Waals surface area contributed by atoms with E-state index in [0.29, 0.717) is 19.4 Å². The van der Waals surface area contributed by atoms with Gasteiger partial charge in [0.15, 0.2) is 0 Å². The molecule has 4 atom stereocenters. The fraction of sp³-hybridized carbons (Fsp3) is 0.484. The highest BCUT2D eigenvalue weighted by atomic mass is 16.6. The first kappa shape index (κ1) is 31.8. The second-order valence-corrected chi connectivity index (χ2v) is 11.5. The summed E-state index contributed by atoms with van der Waals surface area (Å²) in [5.41, 5.74) is 6.40. The van der Waals surface area contributed by atoms with E-state index in [4.69, 9.17) is 10.5 Å². The number of hydrogen-bond acceptors (Lipinski definition) is 7. The number of primary amides is 1. The number of carbonyl (C=O) groups is 4. The highest BCUT2D eigenvalue weighted by molar-refractivity contribution is 5.92. The molecule has 10 heteroatoms. The van der Waals surface area contributed by atoms with Gasteiger partial charge >= 0.3 is 5.97 Å². The molecule has 1 aliphatic rings. The summed E-state index contributed by atoms with van der Waals surface area (Å²) in [4.78, 5) is 52.6. The Morgan fingerprint density at radius 3 is 2.20 bits per heavy atom. The summed E-state index contributed by atoms with van der Waals surface area (Å²) in [6, 6.07) is 15.9. The van der Waals surface area contributed by atoms with Gasteiger partial charge in [0, 0.05) is 6.54 Å². The molecule has 0 radical (unpaired) electrons. The number of likely N-dealkylation sites (tertiary alicyclic amines) is 1. The van der Waals surface area contributed by atoms with E-state index in [1.54, 1.807) is 24.3 Å². The summed E-state index contributed by atoms with van der Waals surface area (Å²) < 4.78 is 5.59. The number of ether oxygens (including phenoxy) is 1. The van der Waals surface area contributed by atoms with Crippen molar-refractivity contribution >= 4 is 23.7 Å². The van der Waals surface area contributed by atoms with Crippen LogP contribution < -0.4 is 16.4 Å². The van der Waals surface area contributed by atoms with Crippen molar-refractivity contribution in [1.29, 1.82) is 0 Å². The van der Waals surface area contributed by atoms with Gasteiger partial charge in [-0.2, -0.15) is 0 Å². The van der Waals surface area contributed by atoms with Gasteiger partial charge in [0.2, 0.25) is 17.7 Å². The molecular formula is C31H42N4O6. The Bertz CT molecular complexity index is 1170. The standard InChI is InChI=1S/C31H42N4O6/c1-31(2,3)41-30(40)25-15-10-16-35(25)20-26(36)23(17-21-11-6-4-7-12-21)34-29(39)24(19-27(32)37)33-28(38)18-22-13-8-5-9-14-22/h4-9,11-14,23-26,36H,10,15-20H2,1-3H3,(H2,32,37)(H,33,38)(H,34,39)/t23-,24-,25-,26+/m0/s1. The van der Waals surface area contributed by atoms with Crippen molar-refractivity contribution in [1.82, 2.24) is 15.5 Å². The summed E-state index contributed by atoms with van der Waals surface area (Å²) in [6.07, 6.45) is 0.260. The molecule has 0 aromatic heterocycles. The Balaban J connectivity index is 1.74. The van der Waals surface area contributed by atoms with Crippen molar-refractivity contribution < 1.29 is 29.0 Å². The van der Waals surface area contributed by atoms with E-state index in [1.807, 2.05) is 62.1 Å². The quantitative estimate of drug-likeness (QED) is 0.268. The van der Waals surface area contributed by atoms with Crippen LogP contribution in [-0.4, -0.2) is 76.6 Å². The maximum atomic E-state index is 13.4. The van der Waals surface area contributed by atoms with Gasteiger partial charge in [0.25, 0.3) is 0 Å². The van der Waals surface area contributed by atoms with E-state index in [9.17, 15) is 24.3 Å². The first-order valence-corrected chi connectivity index (χ1v) is 14.0.